The van der Waals surface area contributed by atoms with Crippen LogP contribution in [0.2, 0.25) is 0 Å². The van der Waals surface area contributed by atoms with Gasteiger partial charge in [-0.3, -0.25) is 4.79 Å². The molecule has 1 aromatic rings. The second kappa shape index (κ2) is 6.32. The molecule has 1 rings (SSSR count). The van der Waals surface area contributed by atoms with E-state index in [4.69, 9.17) is 0 Å². The van der Waals surface area contributed by atoms with E-state index < -0.39 is 0 Å². The third-order valence-corrected chi connectivity index (χ3v) is 2.02. The van der Waals surface area contributed by atoms with E-state index >= 15 is 0 Å². The minimum atomic E-state index is -0.334. The monoisotopic (exact) mass is 233 g/mol. The first kappa shape index (κ1) is 12.8. The Morgan fingerprint density at radius 3 is 2.82 bits per heavy atom. The van der Waals surface area contributed by atoms with Crippen LogP contribution < -0.4 is 16.0 Å². The second-order valence-corrected chi connectivity index (χ2v) is 3.28. The summed E-state index contributed by atoms with van der Waals surface area (Å²) in [6.07, 6.45) is 1.58. The summed E-state index contributed by atoms with van der Waals surface area (Å²) in [4.78, 5) is 22.7. The highest BCUT2D eigenvalue weighted by Gasteiger charge is 2.05. The first-order chi connectivity index (χ1) is 8.17. The Balaban J connectivity index is 2.68. The molecule has 0 unspecified atom stereocenters. The Morgan fingerprint density at radius 1 is 1.41 bits per heavy atom. The number of carbonyl (C=O) groups excluding carboxylic acids is 2. The number of nitrogens with one attached hydrogen (secondary N) is 3. The summed E-state index contributed by atoms with van der Waals surface area (Å²) in [5, 5.41) is 7.71. The molecule has 5 heteroatoms. The molecule has 0 atom stereocenters. The van der Waals surface area contributed by atoms with Crippen molar-refractivity contribution >= 4 is 17.6 Å². The number of rotatable bonds is 4. The van der Waals surface area contributed by atoms with Crippen LogP contribution in [0.5, 0.6) is 0 Å². The summed E-state index contributed by atoms with van der Waals surface area (Å²) in [6.45, 7) is 3.88. The first-order valence-corrected chi connectivity index (χ1v) is 5.15. The minimum Gasteiger partial charge on any atom is -0.355 e. The maximum atomic E-state index is 11.4. The lowest BCUT2D eigenvalue weighted by atomic mass is 10.2. The van der Waals surface area contributed by atoms with Gasteiger partial charge in [0.15, 0.2) is 0 Å². The van der Waals surface area contributed by atoms with Crippen molar-refractivity contribution in [3.8, 4) is 0 Å². The van der Waals surface area contributed by atoms with Crippen LogP contribution in [-0.4, -0.2) is 25.5 Å². The molecule has 0 saturated heterocycles. The summed E-state index contributed by atoms with van der Waals surface area (Å²) in [5.74, 6) is -0.194. The van der Waals surface area contributed by atoms with Crippen molar-refractivity contribution in [2.45, 2.75) is 0 Å². The summed E-state index contributed by atoms with van der Waals surface area (Å²) in [6, 6.07) is 6.35. The van der Waals surface area contributed by atoms with Crippen molar-refractivity contribution in [1.29, 1.82) is 0 Å². The van der Waals surface area contributed by atoms with Gasteiger partial charge < -0.3 is 16.0 Å². The van der Waals surface area contributed by atoms with Crippen molar-refractivity contribution in [2.75, 3.05) is 18.9 Å². The molecule has 3 amide bonds. The van der Waals surface area contributed by atoms with Gasteiger partial charge in [0.25, 0.3) is 5.91 Å². The largest absolute Gasteiger partial charge is 0.355 e. The third-order valence-electron chi connectivity index (χ3n) is 2.02. The molecule has 0 bridgehead atoms. The maximum Gasteiger partial charge on any atom is 0.319 e. The van der Waals surface area contributed by atoms with Crippen molar-refractivity contribution in [3.63, 3.8) is 0 Å². The number of urea groups is 1. The van der Waals surface area contributed by atoms with Crippen LogP contribution in [0.25, 0.3) is 0 Å². The highest BCUT2D eigenvalue weighted by molar-refractivity contribution is 5.96. The Bertz CT molecular complexity index is 430. The van der Waals surface area contributed by atoms with Crippen LogP contribution in [0.1, 0.15) is 10.4 Å². The minimum absolute atomic E-state index is 0.194. The molecule has 0 aliphatic heterocycles. The van der Waals surface area contributed by atoms with Gasteiger partial charge in [-0.1, -0.05) is 12.1 Å². The van der Waals surface area contributed by atoms with E-state index in [9.17, 15) is 9.59 Å². The van der Waals surface area contributed by atoms with Crippen molar-refractivity contribution in [1.82, 2.24) is 10.6 Å². The van der Waals surface area contributed by atoms with Gasteiger partial charge in [-0.25, -0.2) is 4.79 Å². The van der Waals surface area contributed by atoms with Gasteiger partial charge in [-0.15, -0.1) is 6.58 Å². The molecule has 0 saturated carbocycles. The summed E-state index contributed by atoms with van der Waals surface area (Å²) < 4.78 is 0. The molecule has 0 aliphatic carbocycles. The standard InChI is InChI=1S/C12H15N3O2/c1-3-7-14-12(17)15-10-6-4-5-9(8-10)11(16)13-2/h3-6,8H,1,7H2,2H3,(H,13,16)(H2,14,15,17). The normalized spacial score (nSPS) is 9.24. The van der Waals surface area contributed by atoms with Crippen molar-refractivity contribution in [2.24, 2.45) is 0 Å². The number of carbonyl (C=O) groups is 2. The molecule has 0 aromatic heterocycles. The fourth-order valence-electron chi connectivity index (χ4n) is 1.22. The second-order valence-electron chi connectivity index (χ2n) is 3.28. The van der Waals surface area contributed by atoms with Crippen molar-refractivity contribution < 1.29 is 9.59 Å². The van der Waals surface area contributed by atoms with E-state index in [-0.39, 0.29) is 11.9 Å². The molecular formula is C12H15N3O2. The van der Waals surface area contributed by atoms with Gasteiger partial charge in [0.05, 0.1) is 0 Å². The van der Waals surface area contributed by atoms with Crippen LogP contribution in [-0.2, 0) is 0 Å². The predicted octanol–water partition coefficient (Wildman–Crippen LogP) is 1.35. The summed E-state index contributed by atoms with van der Waals surface area (Å²) in [7, 11) is 1.55. The van der Waals surface area contributed by atoms with Gasteiger partial charge in [0, 0.05) is 24.8 Å². The lowest BCUT2D eigenvalue weighted by molar-refractivity contribution is 0.0963. The van der Waals surface area contributed by atoms with Crippen LogP contribution in [0.15, 0.2) is 36.9 Å². The number of hydrogen-bond donors (Lipinski definition) is 3. The molecule has 5 nitrogen and oxygen atoms in total. The predicted molar refractivity (Wildman–Crippen MR) is 67.1 cm³/mol. The average Bonchev–Trinajstić information content (AvgIpc) is 2.35. The Kier molecular flexibility index (Phi) is 4.75. The van der Waals surface area contributed by atoms with Gasteiger partial charge in [0.1, 0.15) is 0 Å². The van der Waals surface area contributed by atoms with Gasteiger partial charge in [-0.2, -0.15) is 0 Å². The molecule has 3 N–H and O–H groups in total. The van der Waals surface area contributed by atoms with E-state index in [0.717, 1.165) is 0 Å². The first-order valence-electron chi connectivity index (χ1n) is 5.15. The number of hydrogen-bond acceptors (Lipinski definition) is 2. The highest BCUT2D eigenvalue weighted by atomic mass is 16.2. The SMILES string of the molecule is C=CCNC(=O)Nc1cccc(C(=O)NC)c1. The van der Waals surface area contributed by atoms with E-state index in [0.29, 0.717) is 17.8 Å². The number of benzene rings is 1. The zero-order valence-electron chi connectivity index (χ0n) is 9.62. The molecule has 1 aromatic carbocycles. The molecule has 0 radical (unpaired) electrons. The highest BCUT2D eigenvalue weighted by Crippen LogP contribution is 2.10. The van der Waals surface area contributed by atoms with Crippen LogP contribution in [0.3, 0.4) is 0 Å². The Labute approximate surface area is 99.9 Å². The molecular weight excluding hydrogens is 218 g/mol. The lowest BCUT2D eigenvalue weighted by Crippen LogP contribution is -2.28. The van der Waals surface area contributed by atoms with Gasteiger partial charge >= 0.3 is 6.03 Å². The number of anilines is 1. The fourth-order valence-corrected chi connectivity index (χ4v) is 1.22. The van der Waals surface area contributed by atoms with Crippen molar-refractivity contribution in [3.05, 3.63) is 42.5 Å². The maximum absolute atomic E-state index is 11.4. The Morgan fingerprint density at radius 2 is 2.18 bits per heavy atom. The van der Waals surface area contributed by atoms with Gasteiger partial charge in [0.2, 0.25) is 0 Å². The molecule has 17 heavy (non-hydrogen) atoms. The third kappa shape index (κ3) is 3.98. The zero-order valence-corrected chi connectivity index (χ0v) is 9.62. The van der Waals surface area contributed by atoms with Crippen LogP contribution in [0, 0.1) is 0 Å². The summed E-state index contributed by atoms with van der Waals surface area (Å²) in [5.41, 5.74) is 1.06. The molecule has 0 heterocycles. The van der Waals surface area contributed by atoms with E-state index in [1.807, 2.05) is 0 Å². The summed E-state index contributed by atoms with van der Waals surface area (Å²) >= 11 is 0. The Hall–Kier alpha value is -2.30. The molecule has 0 fully saturated rings. The van der Waals surface area contributed by atoms with E-state index in [1.54, 1.807) is 37.4 Å². The van der Waals surface area contributed by atoms with E-state index in [2.05, 4.69) is 22.5 Å². The molecule has 0 spiro atoms. The van der Waals surface area contributed by atoms with E-state index in [1.165, 1.54) is 0 Å². The van der Waals surface area contributed by atoms with Crippen LogP contribution in [0.4, 0.5) is 10.5 Å². The topological polar surface area (TPSA) is 70.2 Å². The average molecular weight is 233 g/mol. The van der Waals surface area contributed by atoms with Crippen LogP contribution >= 0.6 is 0 Å². The quantitative estimate of drug-likeness (QED) is 0.687. The fraction of sp³-hybridized carbons (Fsp3) is 0.167. The molecule has 0 aliphatic rings. The van der Waals surface area contributed by atoms with Gasteiger partial charge in [-0.05, 0) is 18.2 Å². The molecule has 90 valence electrons. The zero-order chi connectivity index (χ0) is 12.7. The lowest BCUT2D eigenvalue weighted by Gasteiger charge is -2.07. The number of amides is 3. The smallest absolute Gasteiger partial charge is 0.319 e.